The molecule has 134 valence electrons. The zero-order valence-electron chi connectivity index (χ0n) is 15.8. The van der Waals surface area contributed by atoms with Gasteiger partial charge in [-0.3, -0.25) is 4.79 Å². The predicted octanol–water partition coefficient (Wildman–Crippen LogP) is 0.482. The Morgan fingerprint density at radius 3 is 2.27 bits per heavy atom. The van der Waals surface area contributed by atoms with Gasteiger partial charge in [0, 0.05) is 0 Å². The molecular formula is C21H24KNO3-2. The van der Waals surface area contributed by atoms with Crippen LogP contribution in [0.4, 0.5) is 0 Å². The summed E-state index contributed by atoms with van der Waals surface area (Å²) in [5, 5.41) is 9.87. The molecule has 0 aliphatic rings. The molecule has 0 aliphatic heterocycles. The molecule has 0 spiro atoms. The van der Waals surface area contributed by atoms with Crippen molar-refractivity contribution in [3.05, 3.63) is 66.9 Å². The zero-order chi connectivity index (χ0) is 18.8. The average molecular weight is 378 g/mol. The molecule has 0 fully saturated rings. The summed E-state index contributed by atoms with van der Waals surface area (Å²) in [4.78, 5) is 23.7. The van der Waals surface area contributed by atoms with Crippen molar-refractivity contribution in [1.82, 2.24) is 4.90 Å². The molecule has 0 aliphatic carbocycles. The minimum Gasteiger partial charge on any atom is -0.507 e. The molecule has 2 aromatic rings. The molecule has 4 nitrogen and oxygen atoms in total. The van der Waals surface area contributed by atoms with Gasteiger partial charge in [0.15, 0.2) is 6.29 Å². The average Bonchev–Trinajstić information content (AvgIpc) is 2.67. The van der Waals surface area contributed by atoms with Crippen molar-refractivity contribution < 1.29 is 66.1 Å². The summed E-state index contributed by atoms with van der Waals surface area (Å²) in [6.07, 6.45) is 3.09. The maximum Gasteiger partial charge on any atom is 1.00 e. The summed E-state index contributed by atoms with van der Waals surface area (Å²) in [6, 6.07) is 10.4. The van der Waals surface area contributed by atoms with Gasteiger partial charge in [-0.15, -0.1) is 19.2 Å². The largest absolute Gasteiger partial charge is 1.00 e. The Kier molecular flexibility index (Phi) is 12.9. The molecule has 1 N–H and O–H groups in total. The first-order valence-corrected chi connectivity index (χ1v) is 8.07. The number of carbonyl (C=O) groups excluding carboxylic acids is 2. The summed E-state index contributed by atoms with van der Waals surface area (Å²) >= 11 is 0. The summed E-state index contributed by atoms with van der Waals surface area (Å²) in [5.74, 6) is 0.0272. The summed E-state index contributed by atoms with van der Waals surface area (Å²) in [6.45, 7) is 10.9. The number of benzene rings is 2. The number of nitrogens with zero attached hydrogens (tertiary/aromatic N) is 1. The normalized spacial score (nSPS) is 9.73. The number of aryl methyl sites for hydroxylation is 1. The third-order valence-corrected chi connectivity index (χ3v) is 3.80. The number of phenols is 1. The first-order valence-electron chi connectivity index (χ1n) is 8.07. The van der Waals surface area contributed by atoms with E-state index in [0.29, 0.717) is 23.8 Å². The Bertz CT molecular complexity index is 712. The fraction of sp³-hybridized carbons (Fsp3) is 0.238. The third-order valence-electron chi connectivity index (χ3n) is 3.80. The van der Waals surface area contributed by atoms with Gasteiger partial charge in [0.05, 0.1) is 11.8 Å². The van der Waals surface area contributed by atoms with Gasteiger partial charge in [-0.25, -0.2) is 0 Å². The van der Waals surface area contributed by atoms with Crippen LogP contribution < -0.4 is 51.4 Å². The minimum absolute atomic E-state index is 0. The topological polar surface area (TPSA) is 57.6 Å². The van der Waals surface area contributed by atoms with E-state index < -0.39 is 0 Å². The molecule has 0 radical (unpaired) electrons. The Morgan fingerprint density at radius 2 is 1.81 bits per heavy atom. The van der Waals surface area contributed by atoms with Crippen molar-refractivity contribution in [1.29, 1.82) is 0 Å². The number of aromatic hydroxyl groups is 1. The van der Waals surface area contributed by atoms with Crippen molar-refractivity contribution in [2.75, 3.05) is 20.1 Å². The van der Waals surface area contributed by atoms with E-state index in [-0.39, 0.29) is 62.7 Å². The van der Waals surface area contributed by atoms with E-state index in [1.165, 1.54) is 0 Å². The Labute approximate surface area is 199 Å². The summed E-state index contributed by atoms with van der Waals surface area (Å²) in [7, 11) is 1.99. The monoisotopic (exact) mass is 377 g/mol. The third kappa shape index (κ3) is 7.43. The molecule has 0 saturated heterocycles. The minimum atomic E-state index is 0. The first kappa shape index (κ1) is 25.2. The van der Waals surface area contributed by atoms with Gasteiger partial charge in [0.25, 0.3) is 0 Å². The van der Waals surface area contributed by atoms with Crippen LogP contribution in [0, 0.1) is 13.8 Å². The van der Waals surface area contributed by atoms with E-state index in [0.717, 1.165) is 24.2 Å². The number of rotatable bonds is 6. The molecular weight excluding hydrogens is 353 g/mol. The van der Waals surface area contributed by atoms with Crippen LogP contribution in [-0.2, 0) is 11.2 Å². The Hall–Kier alpha value is -0.824. The molecule has 0 heterocycles. The fourth-order valence-electron chi connectivity index (χ4n) is 2.12. The second kappa shape index (κ2) is 13.4. The van der Waals surface area contributed by atoms with Crippen LogP contribution in [0.25, 0.3) is 11.1 Å². The fourth-order valence-corrected chi connectivity index (χ4v) is 2.12. The van der Waals surface area contributed by atoms with E-state index >= 15 is 0 Å². The molecule has 0 bridgehead atoms. The molecule has 26 heavy (non-hydrogen) atoms. The molecule has 2 rings (SSSR count). The van der Waals surface area contributed by atoms with Crippen LogP contribution in [0.1, 0.15) is 28.4 Å². The van der Waals surface area contributed by atoms with E-state index in [9.17, 15) is 14.7 Å². The molecule has 0 saturated carbocycles. The maximum atomic E-state index is 11.0. The van der Waals surface area contributed by atoms with Gasteiger partial charge in [-0.05, 0) is 36.7 Å². The molecule has 0 amide bonds. The van der Waals surface area contributed by atoms with Crippen molar-refractivity contribution in [2.24, 2.45) is 0 Å². The van der Waals surface area contributed by atoms with Gasteiger partial charge in [-0.1, -0.05) is 18.6 Å². The van der Waals surface area contributed by atoms with Crippen molar-refractivity contribution >= 4 is 12.6 Å². The standard InChI is InChI=1S/C16H13O3.C5H11N.K/c1-2-12-7-14(8-15(10-18)16(12)19)13-5-3-4-11(6-13)9-17;1-4-6(3)5-2;/h3-8,10,19H,2H2,1H3;1-2,4-5H2,3H3;/q-1;-2;+1. The Morgan fingerprint density at radius 1 is 1.15 bits per heavy atom. The number of hydrogen-bond donors (Lipinski definition) is 1. The van der Waals surface area contributed by atoms with Crippen molar-refractivity contribution in [3.63, 3.8) is 0 Å². The SMILES string of the molecule is CCc1cc(-c2cccc([C-]=O)c2)cc(C=O)c1O.[CH2-]CN(C)C[CH2-].[K+]. The van der Waals surface area contributed by atoms with E-state index in [1.807, 2.05) is 37.3 Å². The summed E-state index contributed by atoms with van der Waals surface area (Å²) in [5.41, 5.74) is 3.04. The van der Waals surface area contributed by atoms with Gasteiger partial charge in [0.1, 0.15) is 5.75 Å². The van der Waals surface area contributed by atoms with Crippen LogP contribution in [0.5, 0.6) is 5.75 Å². The molecule has 2 aromatic carbocycles. The van der Waals surface area contributed by atoms with Crippen LogP contribution in [0.2, 0.25) is 0 Å². The van der Waals surface area contributed by atoms with E-state index in [1.54, 1.807) is 24.3 Å². The summed E-state index contributed by atoms with van der Waals surface area (Å²) < 4.78 is 0. The molecule has 0 atom stereocenters. The maximum absolute atomic E-state index is 11.0. The number of phenolic OH excluding ortho intramolecular Hbond substituents is 1. The molecule has 5 heteroatoms. The van der Waals surface area contributed by atoms with Crippen molar-refractivity contribution in [2.45, 2.75) is 13.3 Å². The first-order chi connectivity index (χ1) is 12.0. The second-order valence-corrected chi connectivity index (χ2v) is 5.53. The number of hydrogen-bond acceptors (Lipinski definition) is 4. The van der Waals surface area contributed by atoms with Crippen LogP contribution in [0.3, 0.4) is 0 Å². The van der Waals surface area contributed by atoms with Crippen LogP contribution in [-0.4, -0.2) is 42.7 Å². The zero-order valence-corrected chi connectivity index (χ0v) is 18.9. The van der Waals surface area contributed by atoms with E-state index in [4.69, 9.17) is 0 Å². The van der Waals surface area contributed by atoms with E-state index in [2.05, 4.69) is 13.8 Å². The smallest absolute Gasteiger partial charge is 0.507 e. The van der Waals surface area contributed by atoms with Crippen molar-refractivity contribution in [3.8, 4) is 16.9 Å². The van der Waals surface area contributed by atoms with Crippen LogP contribution >= 0.6 is 0 Å². The van der Waals surface area contributed by atoms with Gasteiger partial charge < -0.3 is 28.6 Å². The predicted molar refractivity (Wildman–Crippen MR) is 101 cm³/mol. The van der Waals surface area contributed by atoms with Crippen LogP contribution in [0.15, 0.2) is 36.4 Å². The second-order valence-electron chi connectivity index (χ2n) is 5.53. The van der Waals surface area contributed by atoms with Gasteiger partial charge in [0.2, 0.25) is 0 Å². The molecule has 0 unspecified atom stereocenters. The Balaban J connectivity index is 0.000000777. The van der Waals surface area contributed by atoms with Gasteiger partial charge in [-0.2, -0.15) is 17.7 Å². The molecule has 0 aromatic heterocycles. The number of aldehydes is 1. The number of carbonyl (C=O) groups is 1. The van der Waals surface area contributed by atoms with Gasteiger partial charge >= 0.3 is 51.4 Å². The quantitative estimate of drug-likeness (QED) is 0.452.